The van der Waals surface area contributed by atoms with Crippen molar-refractivity contribution in [2.45, 2.75) is 13.3 Å². The fraction of sp³-hybridized carbons (Fsp3) is 0.700. The standard InChI is InChI=1S/C10H19NO3/c1-9(10(13)14)5-4-6-11(2,3)7-8-12/h5,12H,4,6-8H2,1-3H3/p+1. The zero-order valence-corrected chi connectivity index (χ0v) is 9.16. The van der Waals surface area contributed by atoms with Gasteiger partial charge >= 0.3 is 5.97 Å². The van der Waals surface area contributed by atoms with Crippen LogP contribution in [0.4, 0.5) is 0 Å². The Morgan fingerprint density at radius 3 is 2.36 bits per heavy atom. The second-order valence-corrected chi connectivity index (χ2v) is 4.09. The first-order valence-electron chi connectivity index (χ1n) is 4.72. The van der Waals surface area contributed by atoms with Crippen LogP contribution < -0.4 is 0 Å². The molecule has 0 heterocycles. The molecule has 82 valence electrons. The highest BCUT2D eigenvalue weighted by Crippen LogP contribution is 2.02. The summed E-state index contributed by atoms with van der Waals surface area (Å²) in [7, 11) is 4.03. The highest BCUT2D eigenvalue weighted by Gasteiger charge is 2.12. The summed E-state index contributed by atoms with van der Waals surface area (Å²) >= 11 is 0. The van der Waals surface area contributed by atoms with Gasteiger partial charge in [-0.25, -0.2) is 4.79 Å². The Hall–Kier alpha value is -0.870. The lowest BCUT2D eigenvalue weighted by Gasteiger charge is -2.28. The normalized spacial score (nSPS) is 13.0. The molecule has 0 aliphatic heterocycles. The molecule has 0 aromatic carbocycles. The molecule has 0 fully saturated rings. The van der Waals surface area contributed by atoms with Crippen LogP contribution in [0.2, 0.25) is 0 Å². The van der Waals surface area contributed by atoms with Crippen molar-refractivity contribution >= 4 is 5.97 Å². The summed E-state index contributed by atoms with van der Waals surface area (Å²) in [6, 6.07) is 0. The summed E-state index contributed by atoms with van der Waals surface area (Å²) in [5.74, 6) is -0.863. The molecular formula is C10H20NO3+. The van der Waals surface area contributed by atoms with Crippen LogP contribution in [0.5, 0.6) is 0 Å². The van der Waals surface area contributed by atoms with Crippen LogP contribution in [0, 0.1) is 0 Å². The minimum absolute atomic E-state index is 0.161. The number of rotatable bonds is 6. The molecule has 0 radical (unpaired) electrons. The SMILES string of the molecule is CC(=CCC[N+](C)(C)CCO)C(=O)O. The Morgan fingerprint density at radius 2 is 1.93 bits per heavy atom. The zero-order valence-electron chi connectivity index (χ0n) is 9.16. The van der Waals surface area contributed by atoms with Gasteiger partial charge in [0.25, 0.3) is 0 Å². The van der Waals surface area contributed by atoms with Crippen molar-refractivity contribution in [3.05, 3.63) is 11.6 Å². The molecule has 4 nitrogen and oxygen atoms in total. The number of hydrogen-bond donors (Lipinski definition) is 2. The van der Waals surface area contributed by atoms with Crippen LogP contribution >= 0.6 is 0 Å². The summed E-state index contributed by atoms with van der Waals surface area (Å²) in [5.41, 5.74) is 0.383. The van der Waals surface area contributed by atoms with Gasteiger partial charge in [0.1, 0.15) is 6.54 Å². The van der Waals surface area contributed by atoms with Gasteiger partial charge in [0.2, 0.25) is 0 Å². The van der Waals surface area contributed by atoms with Crippen LogP contribution in [0.15, 0.2) is 11.6 Å². The van der Waals surface area contributed by atoms with E-state index in [1.807, 2.05) is 14.1 Å². The molecule has 0 unspecified atom stereocenters. The molecule has 0 aliphatic carbocycles. The molecule has 2 N–H and O–H groups in total. The lowest BCUT2D eigenvalue weighted by atomic mass is 10.2. The van der Waals surface area contributed by atoms with Crippen LogP contribution in [-0.2, 0) is 4.79 Å². The van der Waals surface area contributed by atoms with Crippen molar-refractivity contribution in [2.75, 3.05) is 33.8 Å². The van der Waals surface area contributed by atoms with Crippen molar-refractivity contribution in [3.63, 3.8) is 0 Å². The average molecular weight is 202 g/mol. The van der Waals surface area contributed by atoms with Gasteiger partial charge < -0.3 is 14.7 Å². The second kappa shape index (κ2) is 5.78. The van der Waals surface area contributed by atoms with E-state index < -0.39 is 5.97 Å². The Balaban J connectivity index is 3.94. The molecule has 0 rings (SSSR count). The molecule has 0 saturated heterocycles. The topological polar surface area (TPSA) is 57.5 Å². The molecule has 0 spiro atoms. The van der Waals surface area contributed by atoms with Crippen molar-refractivity contribution in [3.8, 4) is 0 Å². The summed E-state index contributed by atoms with van der Waals surface area (Å²) in [5, 5.41) is 17.4. The van der Waals surface area contributed by atoms with Gasteiger partial charge in [-0.2, -0.15) is 0 Å². The van der Waals surface area contributed by atoms with Crippen LogP contribution in [-0.4, -0.2) is 54.5 Å². The zero-order chi connectivity index (χ0) is 11.2. The number of nitrogens with zero attached hydrogens (tertiary/aromatic N) is 1. The minimum Gasteiger partial charge on any atom is -0.478 e. The fourth-order valence-corrected chi connectivity index (χ4v) is 1.10. The maximum absolute atomic E-state index is 10.5. The monoisotopic (exact) mass is 202 g/mol. The summed E-state index contributed by atoms with van der Waals surface area (Å²) in [6.45, 7) is 3.29. The van der Waals surface area contributed by atoms with Crippen molar-refractivity contribution < 1.29 is 19.5 Å². The van der Waals surface area contributed by atoms with Gasteiger partial charge in [-0.05, 0) is 6.92 Å². The van der Waals surface area contributed by atoms with Gasteiger partial charge in [-0.15, -0.1) is 0 Å². The van der Waals surface area contributed by atoms with Gasteiger partial charge in [0.05, 0.1) is 27.2 Å². The number of carboxylic acids is 1. The van der Waals surface area contributed by atoms with E-state index in [4.69, 9.17) is 10.2 Å². The first-order chi connectivity index (χ1) is 6.39. The van der Waals surface area contributed by atoms with Crippen LogP contribution in [0.3, 0.4) is 0 Å². The minimum atomic E-state index is -0.863. The smallest absolute Gasteiger partial charge is 0.330 e. The van der Waals surface area contributed by atoms with Crippen molar-refractivity contribution in [1.82, 2.24) is 0 Å². The van der Waals surface area contributed by atoms with Gasteiger partial charge in [-0.1, -0.05) is 6.08 Å². The fourth-order valence-electron chi connectivity index (χ4n) is 1.10. The highest BCUT2D eigenvalue weighted by molar-refractivity contribution is 5.85. The Labute approximate surface area is 85.1 Å². The van der Waals surface area contributed by atoms with E-state index in [1.165, 1.54) is 0 Å². The number of hydrogen-bond acceptors (Lipinski definition) is 2. The van der Waals surface area contributed by atoms with Gasteiger partial charge in [0, 0.05) is 12.0 Å². The Morgan fingerprint density at radius 1 is 1.36 bits per heavy atom. The molecule has 0 atom stereocenters. The largest absolute Gasteiger partial charge is 0.478 e. The number of carboxylic acid groups (broad SMARTS) is 1. The lowest BCUT2D eigenvalue weighted by molar-refractivity contribution is -0.890. The summed E-state index contributed by atoms with van der Waals surface area (Å²) in [4.78, 5) is 10.5. The third kappa shape index (κ3) is 5.72. The molecule has 0 aromatic heterocycles. The Kier molecular flexibility index (Phi) is 5.42. The number of aliphatic carboxylic acids is 1. The first-order valence-corrected chi connectivity index (χ1v) is 4.72. The first kappa shape index (κ1) is 13.1. The molecule has 14 heavy (non-hydrogen) atoms. The van der Waals surface area contributed by atoms with Crippen LogP contribution in [0.25, 0.3) is 0 Å². The summed E-state index contributed by atoms with van der Waals surface area (Å²) < 4.78 is 0.708. The number of likely N-dealkylation sites (N-methyl/N-ethyl adjacent to an activating group) is 1. The van der Waals surface area contributed by atoms with E-state index >= 15 is 0 Å². The van der Waals surface area contributed by atoms with Crippen molar-refractivity contribution in [2.24, 2.45) is 0 Å². The molecule has 0 amide bonds. The molecule has 0 saturated carbocycles. The van der Waals surface area contributed by atoms with Crippen molar-refractivity contribution in [1.29, 1.82) is 0 Å². The highest BCUT2D eigenvalue weighted by atomic mass is 16.4. The molecule has 0 aliphatic rings. The third-order valence-electron chi connectivity index (χ3n) is 2.23. The molecular weight excluding hydrogens is 182 g/mol. The van der Waals surface area contributed by atoms with E-state index in [0.717, 1.165) is 13.0 Å². The summed E-state index contributed by atoms with van der Waals surface area (Å²) in [6.07, 6.45) is 2.45. The third-order valence-corrected chi connectivity index (χ3v) is 2.23. The molecule has 0 aromatic rings. The second-order valence-electron chi connectivity index (χ2n) is 4.09. The van der Waals surface area contributed by atoms with E-state index in [2.05, 4.69) is 0 Å². The van der Waals surface area contributed by atoms with Gasteiger partial charge in [-0.3, -0.25) is 0 Å². The maximum Gasteiger partial charge on any atom is 0.330 e. The Bertz CT molecular complexity index is 221. The predicted octanol–water partition coefficient (Wildman–Crippen LogP) is 0.476. The number of aliphatic hydroxyl groups is 1. The number of quaternary nitrogens is 1. The predicted molar refractivity (Wildman–Crippen MR) is 54.9 cm³/mol. The average Bonchev–Trinajstić information content (AvgIpc) is 2.03. The number of aliphatic hydroxyl groups excluding tert-OH is 1. The quantitative estimate of drug-likeness (QED) is 0.486. The van der Waals surface area contributed by atoms with E-state index in [-0.39, 0.29) is 6.61 Å². The van der Waals surface area contributed by atoms with E-state index in [0.29, 0.717) is 16.6 Å². The van der Waals surface area contributed by atoms with E-state index in [9.17, 15) is 4.79 Å². The molecule has 4 heteroatoms. The maximum atomic E-state index is 10.5. The van der Waals surface area contributed by atoms with Gasteiger partial charge in [0.15, 0.2) is 0 Å². The molecule has 0 bridgehead atoms. The lowest BCUT2D eigenvalue weighted by Crippen LogP contribution is -2.42. The van der Waals surface area contributed by atoms with E-state index in [1.54, 1.807) is 13.0 Å². The van der Waals surface area contributed by atoms with Crippen LogP contribution in [0.1, 0.15) is 13.3 Å². The number of carbonyl (C=O) groups is 1.